The van der Waals surface area contributed by atoms with Crippen molar-refractivity contribution in [2.75, 3.05) is 19.0 Å². The van der Waals surface area contributed by atoms with Crippen molar-refractivity contribution < 1.29 is 19.0 Å². The number of ether oxygens (including phenoxy) is 3. The van der Waals surface area contributed by atoms with Crippen LogP contribution in [0.4, 0.5) is 5.69 Å². The van der Waals surface area contributed by atoms with Crippen LogP contribution in [-0.2, 0) is 11.4 Å². The number of nitrogens with one attached hydrogen (secondary N) is 1. The second-order valence-electron chi connectivity index (χ2n) is 10.7. The molecule has 0 spiro atoms. The Morgan fingerprint density at radius 1 is 0.979 bits per heavy atom. The summed E-state index contributed by atoms with van der Waals surface area (Å²) in [6.45, 7) is 4.45. The van der Waals surface area contributed by atoms with Crippen molar-refractivity contribution in [3.05, 3.63) is 150 Å². The number of thiazole rings is 1. The molecule has 0 saturated heterocycles. The molecule has 1 atom stereocenters. The van der Waals surface area contributed by atoms with Gasteiger partial charge in [-0.2, -0.15) is 0 Å². The molecule has 8 nitrogen and oxygen atoms in total. The number of anilines is 1. The van der Waals surface area contributed by atoms with Gasteiger partial charge in [-0.05, 0) is 85.1 Å². The van der Waals surface area contributed by atoms with Gasteiger partial charge in [0.2, 0.25) is 0 Å². The quantitative estimate of drug-likeness (QED) is 0.184. The van der Waals surface area contributed by atoms with Gasteiger partial charge in [0.05, 0.1) is 35.6 Å². The molecule has 2 heterocycles. The molecule has 238 valence electrons. The molecule has 0 unspecified atom stereocenters. The summed E-state index contributed by atoms with van der Waals surface area (Å²) in [5, 5.41) is 3.61. The van der Waals surface area contributed by atoms with E-state index in [0.717, 1.165) is 16.7 Å². The molecule has 0 fully saturated rings. The molecule has 6 rings (SSSR count). The summed E-state index contributed by atoms with van der Waals surface area (Å²) >= 11 is 7.40. The second-order valence-corrected chi connectivity index (χ2v) is 12.2. The Hall–Kier alpha value is -5.12. The number of rotatable bonds is 10. The highest BCUT2D eigenvalue weighted by Crippen LogP contribution is 2.33. The lowest BCUT2D eigenvalue weighted by Gasteiger charge is -2.25. The van der Waals surface area contributed by atoms with Crippen molar-refractivity contribution >= 4 is 40.6 Å². The van der Waals surface area contributed by atoms with Gasteiger partial charge in [-0.15, -0.1) is 0 Å². The molecular formula is C37H32ClN3O5S. The molecule has 1 N–H and O–H groups in total. The summed E-state index contributed by atoms with van der Waals surface area (Å²) in [5.41, 5.74) is 3.69. The Kier molecular flexibility index (Phi) is 9.56. The molecule has 1 aliphatic heterocycles. The summed E-state index contributed by atoms with van der Waals surface area (Å²) in [6.07, 6.45) is 1.80. The minimum atomic E-state index is -0.728. The predicted molar refractivity (Wildman–Crippen MR) is 185 cm³/mol. The lowest BCUT2D eigenvalue weighted by Crippen LogP contribution is -2.40. The zero-order valence-corrected chi connectivity index (χ0v) is 27.6. The Labute approximate surface area is 280 Å². The standard InChI is InChI=1S/C37H32ClN3O5S/c1-4-45-31-19-24(16-17-30(31)46-22-25-10-8-12-27(38)18-25)20-32-36(43)41-34(26-11-9-15-29(21-26)44-3)33(23(2)39-37(41)47-32)35(42)40-28-13-6-5-7-14-28/h5-21,34H,4,22H2,1-3H3,(H,40,42)/b32-20-/t34-/m1/s1. The van der Waals surface area contributed by atoms with Gasteiger partial charge >= 0.3 is 0 Å². The van der Waals surface area contributed by atoms with Crippen molar-refractivity contribution in [2.24, 2.45) is 4.99 Å². The van der Waals surface area contributed by atoms with Gasteiger partial charge in [-0.3, -0.25) is 14.2 Å². The number of fused-ring (bicyclic) bond motifs is 1. The van der Waals surface area contributed by atoms with E-state index in [1.165, 1.54) is 11.3 Å². The first-order chi connectivity index (χ1) is 22.8. The highest BCUT2D eigenvalue weighted by Gasteiger charge is 2.32. The molecule has 1 amide bonds. The van der Waals surface area contributed by atoms with Crippen molar-refractivity contribution in [3.8, 4) is 17.2 Å². The van der Waals surface area contributed by atoms with E-state index in [9.17, 15) is 9.59 Å². The van der Waals surface area contributed by atoms with Crippen LogP contribution in [0.15, 0.2) is 118 Å². The number of carbonyl (C=O) groups is 1. The van der Waals surface area contributed by atoms with Crippen LogP contribution in [0.25, 0.3) is 6.08 Å². The van der Waals surface area contributed by atoms with Gasteiger partial charge in [-0.1, -0.05) is 71.5 Å². The SMILES string of the molecule is CCOc1cc(/C=c2\sc3n(c2=O)[C@H](c2cccc(OC)c2)C(C(=O)Nc2ccccc2)=C(C)N=3)ccc1OCc1cccc(Cl)c1. The monoisotopic (exact) mass is 665 g/mol. The number of allylic oxidation sites excluding steroid dienone is 1. The van der Waals surface area contributed by atoms with E-state index in [0.29, 0.717) is 61.8 Å². The van der Waals surface area contributed by atoms with E-state index in [1.807, 2.05) is 104 Å². The highest BCUT2D eigenvalue weighted by molar-refractivity contribution is 7.07. The molecular weight excluding hydrogens is 634 g/mol. The van der Waals surface area contributed by atoms with Gasteiger partial charge in [0.1, 0.15) is 12.4 Å². The van der Waals surface area contributed by atoms with Crippen molar-refractivity contribution in [1.29, 1.82) is 0 Å². The van der Waals surface area contributed by atoms with E-state index in [1.54, 1.807) is 24.7 Å². The number of amides is 1. The van der Waals surface area contributed by atoms with Crippen LogP contribution in [0.3, 0.4) is 0 Å². The predicted octanol–water partition coefficient (Wildman–Crippen LogP) is 6.51. The minimum Gasteiger partial charge on any atom is -0.497 e. The number of aromatic nitrogens is 1. The number of hydrogen-bond donors (Lipinski definition) is 1. The van der Waals surface area contributed by atoms with Gasteiger partial charge in [0, 0.05) is 10.7 Å². The number of halogens is 1. The molecule has 0 radical (unpaired) electrons. The van der Waals surface area contributed by atoms with E-state index in [-0.39, 0.29) is 11.5 Å². The first kappa shape index (κ1) is 31.8. The van der Waals surface area contributed by atoms with Crippen LogP contribution in [0.2, 0.25) is 5.02 Å². The molecule has 47 heavy (non-hydrogen) atoms. The maximum absolute atomic E-state index is 14.2. The van der Waals surface area contributed by atoms with Crippen LogP contribution < -0.4 is 34.4 Å². The maximum Gasteiger partial charge on any atom is 0.271 e. The fraction of sp³-hybridized carbons (Fsp3) is 0.162. The van der Waals surface area contributed by atoms with Crippen LogP contribution in [0, 0.1) is 0 Å². The van der Waals surface area contributed by atoms with Crippen molar-refractivity contribution in [1.82, 2.24) is 4.57 Å². The number of hydrogen-bond acceptors (Lipinski definition) is 7. The Morgan fingerprint density at radius 2 is 1.79 bits per heavy atom. The molecule has 5 aromatic rings. The zero-order chi connectivity index (χ0) is 32.9. The molecule has 0 saturated carbocycles. The van der Waals surface area contributed by atoms with Gasteiger partial charge in [0.25, 0.3) is 11.5 Å². The summed E-state index contributed by atoms with van der Waals surface area (Å²) in [6, 6.07) is 28.9. The smallest absolute Gasteiger partial charge is 0.271 e. The highest BCUT2D eigenvalue weighted by atomic mass is 35.5. The first-order valence-corrected chi connectivity index (χ1v) is 16.2. The Bertz CT molecular complexity index is 2160. The number of methoxy groups -OCH3 is 1. The van der Waals surface area contributed by atoms with E-state index < -0.39 is 6.04 Å². The molecule has 1 aliphatic rings. The molecule has 1 aromatic heterocycles. The number of para-hydroxylation sites is 1. The number of benzene rings is 4. The average molecular weight is 666 g/mol. The number of carbonyl (C=O) groups excluding carboxylic acids is 1. The summed E-state index contributed by atoms with van der Waals surface area (Å²) in [4.78, 5) is 33.2. The fourth-order valence-electron chi connectivity index (χ4n) is 5.40. The molecule has 0 bridgehead atoms. The average Bonchev–Trinajstić information content (AvgIpc) is 3.37. The Balaban J connectivity index is 1.40. The summed E-state index contributed by atoms with van der Waals surface area (Å²) in [7, 11) is 1.58. The third kappa shape index (κ3) is 7.01. The largest absolute Gasteiger partial charge is 0.497 e. The Morgan fingerprint density at radius 3 is 2.55 bits per heavy atom. The third-order valence-corrected chi connectivity index (χ3v) is 8.77. The first-order valence-electron chi connectivity index (χ1n) is 15.0. The van der Waals surface area contributed by atoms with Crippen LogP contribution in [-0.4, -0.2) is 24.2 Å². The van der Waals surface area contributed by atoms with Crippen LogP contribution in [0.1, 0.15) is 36.6 Å². The van der Waals surface area contributed by atoms with Crippen molar-refractivity contribution in [3.63, 3.8) is 0 Å². The van der Waals surface area contributed by atoms with Crippen LogP contribution >= 0.6 is 22.9 Å². The van der Waals surface area contributed by atoms with Crippen molar-refractivity contribution in [2.45, 2.75) is 26.5 Å². The van der Waals surface area contributed by atoms with Gasteiger partial charge in [0.15, 0.2) is 16.3 Å². The second kappa shape index (κ2) is 14.1. The molecule has 10 heteroatoms. The minimum absolute atomic E-state index is 0.265. The van der Waals surface area contributed by atoms with E-state index in [4.69, 9.17) is 30.8 Å². The van der Waals surface area contributed by atoms with E-state index >= 15 is 0 Å². The summed E-state index contributed by atoms with van der Waals surface area (Å²) in [5.74, 6) is 1.41. The number of nitrogens with zero attached hydrogens (tertiary/aromatic N) is 2. The lowest BCUT2D eigenvalue weighted by atomic mass is 9.95. The van der Waals surface area contributed by atoms with E-state index in [2.05, 4.69) is 5.32 Å². The third-order valence-electron chi connectivity index (χ3n) is 7.56. The maximum atomic E-state index is 14.2. The zero-order valence-electron chi connectivity index (χ0n) is 26.0. The molecule has 0 aliphatic carbocycles. The summed E-state index contributed by atoms with van der Waals surface area (Å²) < 4.78 is 19.5. The molecule has 4 aromatic carbocycles. The van der Waals surface area contributed by atoms with Gasteiger partial charge < -0.3 is 19.5 Å². The topological polar surface area (TPSA) is 91.2 Å². The lowest BCUT2D eigenvalue weighted by molar-refractivity contribution is -0.113. The normalized spacial score (nSPS) is 14.3. The fourth-order valence-corrected chi connectivity index (χ4v) is 6.66. The van der Waals surface area contributed by atoms with Gasteiger partial charge in [-0.25, -0.2) is 4.99 Å². The van der Waals surface area contributed by atoms with Crippen LogP contribution in [0.5, 0.6) is 17.2 Å².